The molecule has 0 aliphatic heterocycles. The summed E-state index contributed by atoms with van der Waals surface area (Å²) in [4.78, 5) is 4.04. The fourth-order valence-corrected chi connectivity index (χ4v) is 2.40. The van der Waals surface area contributed by atoms with Crippen LogP contribution in [-0.4, -0.2) is 13.1 Å². The van der Waals surface area contributed by atoms with E-state index in [-0.39, 0.29) is 0 Å². The summed E-state index contributed by atoms with van der Waals surface area (Å²) in [5.74, 6) is 0.618. The van der Waals surface area contributed by atoms with Crippen LogP contribution in [0.5, 0.6) is 0 Å². The second-order valence-corrected chi connectivity index (χ2v) is 10.8. The predicted molar refractivity (Wildman–Crippen MR) is 65.5 cm³/mol. The predicted octanol–water partition coefficient (Wildman–Crippen LogP) is 3.20. The lowest BCUT2D eigenvalue weighted by molar-refractivity contribution is 1.08. The molecule has 0 saturated heterocycles. The van der Waals surface area contributed by atoms with Crippen LogP contribution in [0.25, 0.3) is 0 Å². The maximum atomic E-state index is 5.86. The molecule has 0 unspecified atom stereocenters. The highest BCUT2D eigenvalue weighted by atomic mass is 35.5. The summed E-state index contributed by atoms with van der Waals surface area (Å²) in [5.41, 5.74) is 6.85. The van der Waals surface area contributed by atoms with Crippen LogP contribution in [0, 0.1) is 0 Å². The van der Waals surface area contributed by atoms with Crippen LogP contribution in [0.2, 0.25) is 30.7 Å². The first-order valence-corrected chi connectivity index (χ1v) is 8.87. The molecular weight excluding hydrogens is 212 g/mol. The minimum absolute atomic E-state index is 0.618. The van der Waals surface area contributed by atoms with E-state index in [4.69, 9.17) is 17.3 Å². The molecule has 2 nitrogen and oxygen atoms in total. The number of nitrogens with two attached hydrogens (primary N) is 1. The molecule has 78 valence electrons. The van der Waals surface area contributed by atoms with Crippen molar-refractivity contribution in [2.24, 2.45) is 0 Å². The van der Waals surface area contributed by atoms with E-state index in [1.165, 1.54) is 6.04 Å². The fourth-order valence-electron chi connectivity index (χ4n) is 1.20. The van der Waals surface area contributed by atoms with Crippen molar-refractivity contribution in [2.45, 2.75) is 32.1 Å². The molecule has 0 bridgehead atoms. The number of pyridine rings is 1. The Morgan fingerprint density at radius 3 is 2.64 bits per heavy atom. The summed E-state index contributed by atoms with van der Waals surface area (Å²) in [7, 11) is -1.01. The monoisotopic (exact) mass is 228 g/mol. The van der Waals surface area contributed by atoms with Crippen LogP contribution in [0.4, 0.5) is 5.82 Å². The average molecular weight is 229 g/mol. The van der Waals surface area contributed by atoms with Crippen molar-refractivity contribution in [3.8, 4) is 0 Å². The van der Waals surface area contributed by atoms with Crippen molar-refractivity contribution in [3.63, 3.8) is 0 Å². The molecule has 0 saturated carbocycles. The van der Waals surface area contributed by atoms with Gasteiger partial charge in [0.05, 0.1) is 5.02 Å². The Kier molecular flexibility index (Phi) is 3.56. The number of rotatable bonds is 3. The molecule has 14 heavy (non-hydrogen) atoms. The molecule has 0 atom stereocenters. The summed E-state index contributed by atoms with van der Waals surface area (Å²) in [6.07, 6.45) is 2.59. The van der Waals surface area contributed by atoms with E-state index < -0.39 is 8.07 Å². The van der Waals surface area contributed by atoms with Gasteiger partial charge in [-0.2, -0.15) is 0 Å². The number of hydrogen-bond donors (Lipinski definition) is 1. The average Bonchev–Trinajstić information content (AvgIpc) is 2.05. The second-order valence-electron chi connectivity index (χ2n) is 4.76. The van der Waals surface area contributed by atoms with Crippen molar-refractivity contribution < 1.29 is 0 Å². The minimum Gasteiger partial charge on any atom is -0.383 e. The molecule has 1 aromatic heterocycles. The quantitative estimate of drug-likeness (QED) is 0.808. The van der Waals surface area contributed by atoms with Gasteiger partial charge in [-0.25, -0.2) is 4.98 Å². The van der Waals surface area contributed by atoms with Crippen molar-refractivity contribution in [3.05, 3.63) is 22.8 Å². The normalized spacial score (nSPS) is 11.7. The van der Waals surface area contributed by atoms with E-state index in [2.05, 4.69) is 24.6 Å². The molecule has 1 rings (SSSR count). The zero-order valence-corrected chi connectivity index (χ0v) is 10.7. The second kappa shape index (κ2) is 4.32. The van der Waals surface area contributed by atoms with Gasteiger partial charge >= 0.3 is 0 Å². The Morgan fingerprint density at radius 1 is 1.43 bits per heavy atom. The molecule has 0 aromatic carbocycles. The zero-order chi connectivity index (χ0) is 10.8. The molecule has 1 heterocycles. The van der Waals surface area contributed by atoms with Gasteiger partial charge in [0.15, 0.2) is 0 Å². The topological polar surface area (TPSA) is 38.9 Å². The Morgan fingerprint density at radius 2 is 2.07 bits per heavy atom. The van der Waals surface area contributed by atoms with Gasteiger partial charge in [0.25, 0.3) is 0 Å². The summed E-state index contributed by atoms with van der Waals surface area (Å²) < 4.78 is 0. The molecule has 0 radical (unpaired) electrons. The summed E-state index contributed by atoms with van der Waals surface area (Å²) in [6, 6.07) is 3.14. The highest BCUT2D eigenvalue weighted by molar-refractivity contribution is 6.76. The van der Waals surface area contributed by atoms with Crippen LogP contribution >= 0.6 is 11.6 Å². The van der Waals surface area contributed by atoms with E-state index in [0.29, 0.717) is 10.8 Å². The largest absolute Gasteiger partial charge is 0.383 e. The summed E-state index contributed by atoms with van der Waals surface area (Å²) in [6.45, 7) is 7.05. The summed E-state index contributed by atoms with van der Waals surface area (Å²) >= 11 is 5.86. The molecule has 0 amide bonds. The SMILES string of the molecule is C[Si](C)(C)CCc1cc(Cl)cnc1N. The first-order chi connectivity index (χ1) is 6.38. The Balaban J connectivity index is 2.72. The Hall–Kier alpha value is -0.543. The highest BCUT2D eigenvalue weighted by Crippen LogP contribution is 2.19. The molecule has 0 fully saturated rings. The van der Waals surface area contributed by atoms with Gasteiger partial charge in [-0.05, 0) is 18.1 Å². The third-order valence-electron chi connectivity index (χ3n) is 2.11. The van der Waals surface area contributed by atoms with Crippen molar-refractivity contribution in [1.82, 2.24) is 4.98 Å². The van der Waals surface area contributed by atoms with E-state index in [0.717, 1.165) is 12.0 Å². The van der Waals surface area contributed by atoms with Gasteiger partial charge in [-0.1, -0.05) is 37.3 Å². The smallest absolute Gasteiger partial charge is 0.126 e. The maximum absolute atomic E-state index is 5.86. The number of anilines is 1. The van der Waals surface area contributed by atoms with Crippen LogP contribution in [0.1, 0.15) is 5.56 Å². The van der Waals surface area contributed by atoms with E-state index in [1.807, 2.05) is 6.07 Å². The van der Waals surface area contributed by atoms with Crippen molar-refractivity contribution >= 4 is 25.5 Å². The lowest BCUT2D eigenvalue weighted by Gasteiger charge is -2.15. The van der Waals surface area contributed by atoms with Crippen LogP contribution in [0.3, 0.4) is 0 Å². The minimum atomic E-state index is -1.01. The number of hydrogen-bond acceptors (Lipinski definition) is 2. The van der Waals surface area contributed by atoms with Gasteiger partial charge in [-0.15, -0.1) is 0 Å². The third-order valence-corrected chi connectivity index (χ3v) is 4.07. The van der Waals surface area contributed by atoms with Gasteiger partial charge in [-0.3, -0.25) is 0 Å². The summed E-state index contributed by atoms with van der Waals surface area (Å²) in [5, 5.41) is 0.671. The van der Waals surface area contributed by atoms with Crippen LogP contribution < -0.4 is 5.73 Å². The van der Waals surface area contributed by atoms with E-state index >= 15 is 0 Å². The highest BCUT2D eigenvalue weighted by Gasteiger charge is 2.13. The first kappa shape index (κ1) is 11.5. The Bertz CT molecular complexity index is 320. The number of halogens is 1. The van der Waals surface area contributed by atoms with E-state index in [9.17, 15) is 0 Å². The van der Waals surface area contributed by atoms with Crippen LogP contribution in [-0.2, 0) is 6.42 Å². The number of nitrogens with zero attached hydrogens (tertiary/aromatic N) is 1. The molecular formula is C10H17ClN2Si. The van der Waals surface area contributed by atoms with E-state index in [1.54, 1.807) is 6.20 Å². The molecule has 1 aromatic rings. The maximum Gasteiger partial charge on any atom is 0.126 e. The number of aromatic nitrogens is 1. The zero-order valence-electron chi connectivity index (χ0n) is 8.97. The molecule has 4 heteroatoms. The van der Waals surface area contributed by atoms with Crippen LogP contribution in [0.15, 0.2) is 12.3 Å². The number of nitrogen functional groups attached to an aromatic ring is 1. The lowest BCUT2D eigenvalue weighted by atomic mass is 10.2. The first-order valence-electron chi connectivity index (χ1n) is 4.78. The van der Waals surface area contributed by atoms with Crippen molar-refractivity contribution in [1.29, 1.82) is 0 Å². The van der Waals surface area contributed by atoms with Gasteiger partial charge in [0, 0.05) is 14.3 Å². The van der Waals surface area contributed by atoms with Crippen molar-refractivity contribution in [2.75, 3.05) is 5.73 Å². The molecule has 2 N–H and O–H groups in total. The fraction of sp³-hybridized carbons (Fsp3) is 0.500. The molecule has 0 aliphatic rings. The standard InChI is InChI=1S/C10H17ClN2Si/c1-14(2,3)5-4-8-6-9(11)7-13-10(8)12/h6-7H,4-5H2,1-3H3,(H2,12,13). The van der Waals surface area contributed by atoms with Gasteiger partial charge in [0.2, 0.25) is 0 Å². The third kappa shape index (κ3) is 3.68. The lowest BCUT2D eigenvalue weighted by Crippen LogP contribution is -2.20. The Labute approximate surface area is 91.5 Å². The van der Waals surface area contributed by atoms with Gasteiger partial charge < -0.3 is 5.73 Å². The molecule has 0 aliphatic carbocycles. The number of aryl methyl sites for hydroxylation is 1. The van der Waals surface area contributed by atoms with Gasteiger partial charge in [0.1, 0.15) is 5.82 Å². The molecule has 0 spiro atoms.